The summed E-state index contributed by atoms with van der Waals surface area (Å²) in [6, 6.07) is 4.87. The Morgan fingerprint density at radius 1 is 1.11 bits per heavy atom. The average molecular weight is 260 g/mol. The van der Waals surface area contributed by atoms with Crippen molar-refractivity contribution in [3.8, 4) is 0 Å². The smallest absolute Gasteiger partial charge is 0.387 e. The van der Waals surface area contributed by atoms with Crippen molar-refractivity contribution in [2.24, 2.45) is 0 Å². The first-order valence-electron chi connectivity index (χ1n) is 5.91. The molecule has 0 amide bonds. The number of halogens is 3. The highest BCUT2D eigenvalue weighted by atomic mass is 19.4. The van der Waals surface area contributed by atoms with Crippen molar-refractivity contribution in [1.82, 2.24) is 0 Å². The summed E-state index contributed by atoms with van der Waals surface area (Å²) in [5.41, 5.74) is -2.55. The van der Waals surface area contributed by atoms with Gasteiger partial charge in [-0.3, -0.25) is 0 Å². The van der Waals surface area contributed by atoms with Crippen molar-refractivity contribution in [2.75, 3.05) is 0 Å². The van der Waals surface area contributed by atoms with Gasteiger partial charge >= 0.3 is 6.18 Å². The Hall–Kier alpha value is -1.07. The number of rotatable bonds is 2. The van der Waals surface area contributed by atoms with Gasteiger partial charge in [0.1, 0.15) is 6.10 Å². The number of aliphatic hydroxyl groups is 2. The second-order valence-electron chi connectivity index (χ2n) is 4.80. The molecule has 18 heavy (non-hydrogen) atoms. The number of aliphatic hydroxyl groups excluding tert-OH is 1. The Balaban J connectivity index is 2.39. The SMILES string of the molecule is OC(c1ccccc1C(F)(F)F)C1(O)CCCC1. The van der Waals surface area contributed by atoms with E-state index < -0.39 is 23.4 Å². The quantitative estimate of drug-likeness (QED) is 0.858. The third kappa shape index (κ3) is 2.37. The predicted molar refractivity (Wildman–Crippen MR) is 59.8 cm³/mol. The van der Waals surface area contributed by atoms with Crippen LogP contribution in [0, 0.1) is 0 Å². The van der Waals surface area contributed by atoms with E-state index in [1.165, 1.54) is 18.2 Å². The van der Waals surface area contributed by atoms with E-state index in [9.17, 15) is 23.4 Å². The summed E-state index contributed by atoms with van der Waals surface area (Å²) in [5.74, 6) is 0. The van der Waals surface area contributed by atoms with Gasteiger partial charge in [0, 0.05) is 0 Å². The van der Waals surface area contributed by atoms with E-state index in [1.807, 2.05) is 0 Å². The largest absolute Gasteiger partial charge is 0.416 e. The molecule has 0 saturated heterocycles. The fourth-order valence-electron chi connectivity index (χ4n) is 2.54. The van der Waals surface area contributed by atoms with E-state index in [0.29, 0.717) is 12.8 Å². The summed E-state index contributed by atoms with van der Waals surface area (Å²) >= 11 is 0. The van der Waals surface area contributed by atoms with Crippen molar-refractivity contribution in [2.45, 2.75) is 43.6 Å². The molecule has 0 aromatic heterocycles. The third-order valence-electron chi connectivity index (χ3n) is 3.54. The second-order valence-corrected chi connectivity index (χ2v) is 4.80. The van der Waals surface area contributed by atoms with Crippen LogP contribution in [0.15, 0.2) is 24.3 Å². The summed E-state index contributed by atoms with van der Waals surface area (Å²) in [4.78, 5) is 0. The van der Waals surface area contributed by atoms with Gasteiger partial charge in [0.2, 0.25) is 0 Å². The van der Waals surface area contributed by atoms with Crippen LogP contribution < -0.4 is 0 Å². The number of alkyl halides is 3. The Bertz CT molecular complexity index is 422. The minimum Gasteiger partial charge on any atom is -0.387 e. The maximum atomic E-state index is 12.8. The average Bonchev–Trinajstić information content (AvgIpc) is 2.75. The van der Waals surface area contributed by atoms with E-state index in [-0.39, 0.29) is 5.56 Å². The fraction of sp³-hybridized carbons (Fsp3) is 0.538. The minimum absolute atomic E-state index is 0.241. The Morgan fingerprint density at radius 3 is 2.22 bits per heavy atom. The highest BCUT2D eigenvalue weighted by molar-refractivity contribution is 5.33. The Kier molecular flexibility index (Phi) is 3.38. The Morgan fingerprint density at radius 2 is 1.67 bits per heavy atom. The van der Waals surface area contributed by atoms with Crippen molar-refractivity contribution in [1.29, 1.82) is 0 Å². The molecule has 1 aliphatic rings. The molecule has 1 saturated carbocycles. The molecule has 2 rings (SSSR count). The highest BCUT2D eigenvalue weighted by Crippen LogP contribution is 2.43. The van der Waals surface area contributed by atoms with E-state index in [1.54, 1.807) is 0 Å². The maximum Gasteiger partial charge on any atom is 0.416 e. The van der Waals surface area contributed by atoms with E-state index >= 15 is 0 Å². The molecule has 5 heteroatoms. The highest BCUT2D eigenvalue weighted by Gasteiger charge is 2.43. The van der Waals surface area contributed by atoms with Crippen LogP contribution in [0.3, 0.4) is 0 Å². The molecule has 1 fully saturated rings. The molecule has 1 unspecified atom stereocenters. The molecule has 0 bridgehead atoms. The predicted octanol–water partition coefficient (Wildman–Crippen LogP) is 3.04. The fourth-order valence-corrected chi connectivity index (χ4v) is 2.54. The summed E-state index contributed by atoms with van der Waals surface area (Å²) in [6.07, 6.45) is -3.89. The van der Waals surface area contributed by atoms with Gasteiger partial charge in [-0.2, -0.15) is 13.2 Å². The van der Waals surface area contributed by atoms with E-state index in [0.717, 1.165) is 18.9 Å². The molecule has 2 nitrogen and oxygen atoms in total. The Labute approximate surface area is 103 Å². The van der Waals surface area contributed by atoms with Crippen LogP contribution in [0.25, 0.3) is 0 Å². The zero-order chi connectivity index (χ0) is 13.4. The van der Waals surface area contributed by atoms with Crippen molar-refractivity contribution in [3.05, 3.63) is 35.4 Å². The van der Waals surface area contributed by atoms with Crippen LogP contribution in [0.5, 0.6) is 0 Å². The van der Waals surface area contributed by atoms with E-state index in [2.05, 4.69) is 0 Å². The lowest BCUT2D eigenvalue weighted by Crippen LogP contribution is -2.34. The van der Waals surface area contributed by atoms with Gasteiger partial charge in [-0.25, -0.2) is 0 Å². The van der Waals surface area contributed by atoms with Gasteiger partial charge in [-0.05, 0) is 24.5 Å². The van der Waals surface area contributed by atoms with Crippen LogP contribution in [0.4, 0.5) is 13.2 Å². The zero-order valence-corrected chi connectivity index (χ0v) is 9.74. The first-order chi connectivity index (χ1) is 8.34. The molecule has 0 heterocycles. The molecule has 1 aromatic rings. The first kappa shape index (κ1) is 13.4. The van der Waals surface area contributed by atoms with Crippen LogP contribution in [0.1, 0.15) is 42.9 Å². The molecule has 2 N–H and O–H groups in total. The van der Waals surface area contributed by atoms with Gasteiger partial charge < -0.3 is 10.2 Å². The van der Waals surface area contributed by atoms with Gasteiger partial charge in [0.15, 0.2) is 0 Å². The van der Waals surface area contributed by atoms with Crippen molar-refractivity contribution in [3.63, 3.8) is 0 Å². The number of hydrogen-bond acceptors (Lipinski definition) is 2. The normalized spacial score (nSPS) is 20.9. The molecule has 0 aliphatic heterocycles. The molecule has 100 valence electrons. The third-order valence-corrected chi connectivity index (χ3v) is 3.54. The standard InChI is InChI=1S/C13H15F3O2/c14-13(15,16)10-6-2-1-5-9(10)11(17)12(18)7-3-4-8-12/h1-2,5-6,11,17-18H,3-4,7-8H2. The van der Waals surface area contributed by atoms with Crippen LogP contribution in [0.2, 0.25) is 0 Å². The lowest BCUT2D eigenvalue weighted by Gasteiger charge is -2.30. The first-order valence-corrected chi connectivity index (χ1v) is 5.91. The van der Waals surface area contributed by atoms with Gasteiger partial charge in [0.05, 0.1) is 11.2 Å². The lowest BCUT2D eigenvalue weighted by molar-refractivity contribution is -0.141. The van der Waals surface area contributed by atoms with Crippen LogP contribution in [-0.4, -0.2) is 15.8 Å². The van der Waals surface area contributed by atoms with Gasteiger partial charge in [0.25, 0.3) is 0 Å². The van der Waals surface area contributed by atoms with Crippen molar-refractivity contribution >= 4 is 0 Å². The summed E-state index contributed by atoms with van der Waals surface area (Å²) in [5, 5.41) is 20.3. The molecular formula is C13H15F3O2. The second kappa shape index (κ2) is 4.55. The topological polar surface area (TPSA) is 40.5 Å². The summed E-state index contributed by atoms with van der Waals surface area (Å²) in [7, 11) is 0. The lowest BCUT2D eigenvalue weighted by atomic mass is 9.87. The van der Waals surface area contributed by atoms with Crippen LogP contribution >= 0.6 is 0 Å². The molecule has 1 atom stereocenters. The molecule has 0 spiro atoms. The van der Waals surface area contributed by atoms with Gasteiger partial charge in [-0.15, -0.1) is 0 Å². The molecular weight excluding hydrogens is 245 g/mol. The molecule has 1 aromatic carbocycles. The summed E-state index contributed by atoms with van der Waals surface area (Å²) < 4.78 is 38.5. The van der Waals surface area contributed by atoms with Crippen molar-refractivity contribution < 1.29 is 23.4 Å². The van der Waals surface area contributed by atoms with E-state index in [4.69, 9.17) is 0 Å². The minimum atomic E-state index is -4.52. The molecule has 1 aliphatic carbocycles. The zero-order valence-electron chi connectivity index (χ0n) is 9.74. The summed E-state index contributed by atoms with van der Waals surface area (Å²) in [6.45, 7) is 0. The van der Waals surface area contributed by atoms with Gasteiger partial charge in [-0.1, -0.05) is 31.0 Å². The molecule has 0 radical (unpaired) electrons. The van der Waals surface area contributed by atoms with Crippen LogP contribution in [-0.2, 0) is 6.18 Å². The number of hydrogen-bond donors (Lipinski definition) is 2. The number of benzene rings is 1. The maximum absolute atomic E-state index is 12.8. The monoisotopic (exact) mass is 260 g/mol.